The molecule has 19 heavy (non-hydrogen) atoms. The predicted molar refractivity (Wildman–Crippen MR) is 68.8 cm³/mol. The summed E-state index contributed by atoms with van der Waals surface area (Å²) >= 11 is 0. The Morgan fingerprint density at radius 2 is 2.37 bits per heavy atom. The van der Waals surface area contributed by atoms with E-state index in [2.05, 4.69) is 10.4 Å². The van der Waals surface area contributed by atoms with Gasteiger partial charge in [-0.15, -0.1) is 0 Å². The Kier molecular flexibility index (Phi) is 4.03. The van der Waals surface area contributed by atoms with E-state index in [9.17, 15) is 9.59 Å². The minimum absolute atomic E-state index is 0.0471. The number of carbonyl (C=O) groups is 2. The number of aliphatic carboxylic acids is 1. The number of carbonyl (C=O) groups excluding carboxylic acids is 1. The fraction of sp³-hybridized carbons (Fsp3) is 0.583. The van der Waals surface area contributed by atoms with Crippen molar-refractivity contribution >= 4 is 17.7 Å². The average Bonchev–Trinajstić information content (AvgIpc) is 2.74. The molecule has 0 bridgehead atoms. The maximum atomic E-state index is 12.0. The fourth-order valence-corrected chi connectivity index (χ4v) is 2.35. The van der Waals surface area contributed by atoms with Crippen molar-refractivity contribution in [1.29, 1.82) is 0 Å². The lowest BCUT2D eigenvalue weighted by Gasteiger charge is -2.31. The smallest absolute Gasteiger partial charge is 0.321 e. The zero-order valence-electron chi connectivity index (χ0n) is 10.9. The van der Waals surface area contributed by atoms with E-state index in [1.807, 2.05) is 0 Å². The quantitative estimate of drug-likeness (QED) is 0.858. The Bertz CT molecular complexity index is 471. The van der Waals surface area contributed by atoms with Gasteiger partial charge in [-0.05, 0) is 18.8 Å². The molecule has 0 aliphatic carbocycles. The molecule has 1 atom stereocenters. The van der Waals surface area contributed by atoms with Crippen LogP contribution in [-0.2, 0) is 11.8 Å². The lowest BCUT2D eigenvalue weighted by molar-refractivity contribution is -0.138. The van der Waals surface area contributed by atoms with Gasteiger partial charge in [0.25, 0.3) is 0 Å². The van der Waals surface area contributed by atoms with Gasteiger partial charge in [0.05, 0.1) is 11.9 Å². The number of rotatable bonds is 3. The molecule has 0 spiro atoms. The molecule has 7 nitrogen and oxygen atoms in total. The molecule has 1 saturated heterocycles. The Morgan fingerprint density at radius 1 is 1.58 bits per heavy atom. The van der Waals surface area contributed by atoms with Gasteiger partial charge in [0.2, 0.25) is 0 Å². The lowest BCUT2D eigenvalue weighted by atomic mass is 9.95. The number of likely N-dealkylation sites (tertiary alicyclic amines) is 1. The molecule has 0 aromatic carbocycles. The summed E-state index contributed by atoms with van der Waals surface area (Å²) in [7, 11) is 1.78. The average molecular weight is 266 g/mol. The number of nitrogens with zero attached hydrogens (tertiary/aromatic N) is 3. The van der Waals surface area contributed by atoms with Crippen molar-refractivity contribution in [3.05, 3.63) is 12.4 Å². The number of urea groups is 1. The highest BCUT2D eigenvalue weighted by Gasteiger charge is 2.25. The Morgan fingerprint density at radius 3 is 3.00 bits per heavy atom. The molecule has 0 radical (unpaired) electrons. The molecule has 1 fully saturated rings. The molecule has 2 rings (SSSR count). The van der Waals surface area contributed by atoms with Crippen LogP contribution in [-0.4, -0.2) is 44.9 Å². The minimum atomic E-state index is -0.806. The molecule has 1 aliphatic heterocycles. The van der Waals surface area contributed by atoms with Crippen LogP contribution < -0.4 is 5.32 Å². The summed E-state index contributed by atoms with van der Waals surface area (Å²) in [6.45, 7) is 1.17. The topological polar surface area (TPSA) is 87.5 Å². The molecule has 1 aliphatic rings. The van der Waals surface area contributed by atoms with E-state index in [-0.39, 0.29) is 18.4 Å². The molecule has 1 aromatic heterocycles. The first-order valence-corrected chi connectivity index (χ1v) is 6.31. The van der Waals surface area contributed by atoms with Gasteiger partial charge in [0.15, 0.2) is 0 Å². The van der Waals surface area contributed by atoms with Crippen molar-refractivity contribution in [2.45, 2.75) is 19.3 Å². The van der Waals surface area contributed by atoms with Crippen molar-refractivity contribution in [1.82, 2.24) is 14.7 Å². The van der Waals surface area contributed by atoms with Gasteiger partial charge in [-0.3, -0.25) is 9.48 Å². The summed E-state index contributed by atoms with van der Waals surface area (Å²) in [6, 6.07) is -0.192. The molecule has 0 saturated carbocycles. The van der Waals surface area contributed by atoms with Crippen molar-refractivity contribution in [3.8, 4) is 0 Å². The predicted octanol–water partition coefficient (Wildman–Crippen LogP) is 1.14. The van der Waals surface area contributed by atoms with Crippen LogP contribution in [0.15, 0.2) is 12.4 Å². The number of piperidine rings is 1. The van der Waals surface area contributed by atoms with E-state index in [4.69, 9.17) is 5.11 Å². The number of carboxylic acids is 1. The van der Waals surface area contributed by atoms with E-state index >= 15 is 0 Å². The molecule has 1 aromatic rings. The number of nitrogens with one attached hydrogen (secondary N) is 1. The van der Waals surface area contributed by atoms with E-state index in [1.54, 1.807) is 29.0 Å². The highest BCUT2D eigenvalue weighted by Crippen LogP contribution is 2.20. The standard InChI is InChI=1S/C12H18N4O3/c1-15-8-10(6-13-15)14-12(19)16-4-2-3-9(7-16)5-11(17)18/h6,8-9H,2-5,7H2,1H3,(H,14,19)(H,17,18). The van der Waals surface area contributed by atoms with Crippen LogP contribution in [0.5, 0.6) is 0 Å². The van der Waals surface area contributed by atoms with Gasteiger partial charge in [-0.2, -0.15) is 5.10 Å². The lowest BCUT2D eigenvalue weighted by Crippen LogP contribution is -2.42. The third kappa shape index (κ3) is 3.70. The van der Waals surface area contributed by atoms with E-state index in [0.717, 1.165) is 12.8 Å². The molecular weight excluding hydrogens is 248 g/mol. The van der Waals surface area contributed by atoms with Crippen LogP contribution in [0.25, 0.3) is 0 Å². The second-order valence-electron chi connectivity index (χ2n) is 4.88. The number of anilines is 1. The largest absolute Gasteiger partial charge is 0.481 e. The number of carboxylic acid groups (broad SMARTS) is 1. The van der Waals surface area contributed by atoms with Gasteiger partial charge in [-0.25, -0.2) is 4.79 Å². The number of hydrogen-bond acceptors (Lipinski definition) is 3. The van der Waals surface area contributed by atoms with Gasteiger partial charge in [0.1, 0.15) is 0 Å². The van der Waals surface area contributed by atoms with Gasteiger partial charge >= 0.3 is 12.0 Å². The highest BCUT2D eigenvalue weighted by atomic mass is 16.4. The number of aromatic nitrogens is 2. The SMILES string of the molecule is Cn1cc(NC(=O)N2CCCC(CC(=O)O)C2)cn1. The van der Waals surface area contributed by atoms with Gasteiger partial charge in [0, 0.05) is 32.8 Å². The third-order valence-electron chi connectivity index (χ3n) is 3.23. The van der Waals surface area contributed by atoms with E-state index < -0.39 is 5.97 Å². The Hall–Kier alpha value is -2.05. The Labute approximate surface area is 111 Å². The maximum Gasteiger partial charge on any atom is 0.321 e. The summed E-state index contributed by atoms with van der Waals surface area (Å²) < 4.78 is 1.61. The first-order valence-electron chi connectivity index (χ1n) is 6.31. The third-order valence-corrected chi connectivity index (χ3v) is 3.23. The van der Waals surface area contributed by atoms with Crippen molar-refractivity contribution < 1.29 is 14.7 Å². The van der Waals surface area contributed by atoms with Crippen molar-refractivity contribution in [3.63, 3.8) is 0 Å². The molecule has 2 N–H and O–H groups in total. The van der Waals surface area contributed by atoms with Crippen LogP contribution in [0.2, 0.25) is 0 Å². The van der Waals surface area contributed by atoms with Crippen LogP contribution in [0.1, 0.15) is 19.3 Å². The molecule has 1 unspecified atom stereocenters. The minimum Gasteiger partial charge on any atom is -0.481 e. The summed E-state index contributed by atoms with van der Waals surface area (Å²) in [4.78, 5) is 24.4. The Balaban J connectivity index is 1.89. The maximum absolute atomic E-state index is 12.0. The second-order valence-corrected chi connectivity index (χ2v) is 4.88. The highest BCUT2D eigenvalue weighted by molar-refractivity contribution is 5.89. The van der Waals surface area contributed by atoms with E-state index in [0.29, 0.717) is 18.8 Å². The molecular formula is C12H18N4O3. The monoisotopic (exact) mass is 266 g/mol. The molecule has 2 amide bonds. The summed E-state index contributed by atoms with van der Waals surface area (Å²) in [5.74, 6) is -0.759. The van der Waals surface area contributed by atoms with Crippen LogP contribution >= 0.6 is 0 Å². The first-order chi connectivity index (χ1) is 9.04. The zero-order chi connectivity index (χ0) is 13.8. The normalized spacial score (nSPS) is 19.2. The number of amides is 2. The molecule has 2 heterocycles. The van der Waals surface area contributed by atoms with Crippen LogP contribution in [0.3, 0.4) is 0 Å². The van der Waals surface area contributed by atoms with E-state index in [1.165, 1.54) is 0 Å². The summed E-state index contributed by atoms with van der Waals surface area (Å²) in [6.07, 6.45) is 5.13. The second kappa shape index (κ2) is 5.73. The van der Waals surface area contributed by atoms with Crippen LogP contribution in [0.4, 0.5) is 10.5 Å². The zero-order valence-corrected chi connectivity index (χ0v) is 10.9. The summed E-state index contributed by atoms with van der Waals surface area (Å²) in [5, 5.41) is 15.5. The number of aryl methyl sites for hydroxylation is 1. The van der Waals surface area contributed by atoms with Gasteiger partial charge in [-0.1, -0.05) is 0 Å². The molecule has 7 heteroatoms. The number of hydrogen-bond donors (Lipinski definition) is 2. The van der Waals surface area contributed by atoms with Crippen molar-refractivity contribution in [2.24, 2.45) is 13.0 Å². The first kappa shape index (κ1) is 13.4. The van der Waals surface area contributed by atoms with Crippen LogP contribution in [0, 0.1) is 5.92 Å². The molecule has 104 valence electrons. The van der Waals surface area contributed by atoms with Gasteiger partial charge < -0.3 is 15.3 Å². The fourth-order valence-electron chi connectivity index (χ4n) is 2.35. The summed E-state index contributed by atoms with van der Waals surface area (Å²) in [5.41, 5.74) is 0.646. The van der Waals surface area contributed by atoms with Crippen molar-refractivity contribution in [2.75, 3.05) is 18.4 Å².